The summed E-state index contributed by atoms with van der Waals surface area (Å²) < 4.78 is 37.8. The van der Waals surface area contributed by atoms with Gasteiger partial charge in [0.1, 0.15) is 0 Å². The fraction of sp³-hybridized carbons (Fsp3) is 0.235. The van der Waals surface area contributed by atoms with Crippen LogP contribution >= 0.6 is 0 Å². The van der Waals surface area contributed by atoms with Gasteiger partial charge in [-0.2, -0.15) is 13.2 Å². The van der Waals surface area contributed by atoms with Gasteiger partial charge in [0.25, 0.3) is 0 Å². The minimum absolute atomic E-state index is 0.0901. The second kappa shape index (κ2) is 7.17. The lowest BCUT2D eigenvalue weighted by Crippen LogP contribution is -2.29. The number of carbonyl (C=O) groups excluding carboxylic acids is 1. The third kappa shape index (κ3) is 5.02. The minimum atomic E-state index is -4.40. The molecular weight excluding hydrogens is 305 g/mol. The number of benzene rings is 2. The highest BCUT2D eigenvalue weighted by Crippen LogP contribution is 2.30. The maximum absolute atomic E-state index is 12.6. The molecule has 2 N–H and O–H groups in total. The van der Waals surface area contributed by atoms with E-state index >= 15 is 0 Å². The first-order chi connectivity index (χ1) is 10.9. The van der Waals surface area contributed by atoms with Crippen molar-refractivity contribution in [3.8, 4) is 0 Å². The molecular formula is C17H17F3N2O. The number of amides is 1. The topological polar surface area (TPSA) is 41.1 Å². The molecule has 3 nitrogen and oxygen atoms in total. The molecule has 0 spiro atoms. The van der Waals surface area contributed by atoms with Gasteiger partial charge in [0.05, 0.1) is 12.1 Å². The Kier molecular flexibility index (Phi) is 5.26. The summed E-state index contributed by atoms with van der Waals surface area (Å²) in [6, 6.07) is 12.4. The molecule has 0 fully saturated rings. The van der Waals surface area contributed by atoms with Crippen molar-refractivity contribution in [1.29, 1.82) is 0 Å². The molecule has 0 bridgehead atoms. The van der Waals surface area contributed by atoms with Gasteiger partial charge in [-0.1, -0.05) is 30.3 Å². The molecule has 0 radical (unpaired) electrons. The van der Waals surface area contributed by atoms with Crippen molar-refractivity contribution < 1.29 is 18.0 Å². The van der Waals surface area contributed by atoms with Crippen LogP contribution in [0.15, 0.2) is 48.5 Å². The van der Waals surface area contributed by atoms with Crippen molar-refractivity contribution in [1.82, 2.24) is 5.32 Å². The maximum Gasteiger partial charge on any atom is 0.416 e. The van der Waals surface area contributed by atoms with Gasteiger partial charge in [0.2, 0.25) is 5.91 Å². The lowest BCUT2D eigenvalue weighted by Gasteiger charge is -2.11. The number of aryl methyl sites for hydroxylation is 1. The van der Waals surface area contributed by atoms with E-state index in [9.17, 15) is 18.0 Å². The average Bonchev–Trinajstić information content (AvgIpc) is 2.51. The third-order valence-electron chi connectivity index (χ3n) is 3.38. The molecule has 0 aromatic heterocycles. The average molecular weight is 322 g/mol. The Bertz CT molecular complexity index is 684. The highest BCUT2D eigenvalue weighted by molar-refractivity contribution is 5.80. The van der Waals surface area contributed by atoms with Crippen molar-refractivity contribution in [2.75, 3.05) is 11.9 Å². The number of hydrogen-bond acceptors (Lipinski definition) is 2. The van der Waals surface area contributed by atoms with Crippen molar-refractivity contribution in [2.45, 2.75) is 19.6 Å². The van der Waals surface area contributed by atoms with E-state index in [1.165, 1.54) is 12.1 Å². The Morgan fingerprint density at radius 1 is 1.09 bits per heavy atom. The van der Waals surface area contributed by atoms with Gasteiger partial charge >= 0.3 is 6.18 Å². The number of nitrogens with one attached hydrogen (secondary N) is 2. The van der Waals surface area contributed by atoms with E-state index in [1.54, 1.807) is 0 Å². The van der Waals surface area contributed by atoms with Crippen LogP contribution in [0.2, 0.25) is 0 Å². The molecule has 0 saturated heterocycles. The molecule has 6 heteroatoms. The number of carbonyl (C=O) groups is 1. The number of halogens is 3. The first-order valence-electron chi connectivity index (χ1n) is 7.08. The van der Waals surface area contributed by atoms with E-state index in [0.29, 0.717) is 6.54 Å². The molecule has 0 aliphatic rings. The van der Waals surface area contributed by atoms with E-state index in [1.807, 2.05) is 31.2 Å². The number of alkyl halides is 3. The summed E-state index contributed by atoms with van der Waals surface area (Å²) in [5, 5.41) is 5.43. The Hall–Kier alpha value is -2.50. The Morgan fingerprint density at radius 2 is 1.83 bits per heavy atom. The predicted octanol–water partition coefficient (Wildman–Crippen LogP) is 3.74. The van der Waals surface area contributed by atoms with Crippen LogP contribution in [0, 0.1) is 6.92 Å². The number of anilines is 1. The largest absolute Gasteiger partial charge is 0.416 e. The summed E-state index contributed by atoms with van der Waals surface area (Å²) in [6.45, 7) is 2.24. The molecule has 23 heavy (non-hydrogen) atoms. The zero-order chi connectivity index (χ0) is 16.9. The van der Waals surface area contributed by atoms with E-state index in [4.69, 9.17) is 0 Å². The molecule has 0 saturated carbocycles. The van der Waals surface area contributed by atoms with Crippen LogP contribution in [-0.4, -0.2) is 12.5 Å². The van der Waals surface area contributed by atoms with Crippen LogP contribution in [0.4, 0.5) is 18.9 Å². The van der Waals surface area contributed by atoms with E-state index in [0.717, 1.165) is 23.3 Å². The van der Waals surface area contributed by atoms with Crippen LogP contribution in [-0.2, 0) is 17.5 Å². The van der Waals surface area contributed by atoms with Gasteiger partial charge in [-0.3, -0.25) is 4.79 Å². The molecule has 2 rings (SSSR count). The monoisotopic (exact) mass is 322 g/mol. The van der Waals surface area contributed by atoms with Gasteiger partial charge in [0, 0.05) is 12.2 Å². The first kappa shape index (κ1) is 16.9. The zero-order valence-electron chi connectivity index (χ0n) is 12.6. The fourth-order valence-electron chi connectivity index (χ4n) is 2.05. The predicted molar refractivity (Wildman–Crippen MR) is 83.0 cm³/mol. The quantitative estimate of drug-likeness (QED) is 0.880. The van der Waals surface area contributed by atoms with Crippen LogP contribution in [0.3, 0.4) is 0 Å². The van der Waals surface area contributed by atoms with Crippen molar-refractivity contribution in [2.24, 2.45) is 0 Å². The number of hydrogen-bond donors (Lipinski definition) is 2. The fourth-order valence-corrected chi connectivity index (χ4v) is 2.05. The lowest BCUT2D eigenvalue weighted by atomic mass is 10.1. The summed E-state index contributed by atoms with van der Waals surface area (Å²) in [7, 11) is 0. The Morgan fingerprint density at radius 3 is 2.52 bits per heavy atom. The second-order valence-electron chi connectivity index (χ2n) is 5.14. The Labute approximate surface area is 132 Å². The summed E-state index contributed by atoms with van der Waals surface area (Å²) in [5.74, 6) is -0.286. The van der Waals surface area contributed by atoms with Gasteiger partial charge in [-0.05, 0) is 36.2 Å². The summed E-state index contributed by atoms with van der Waals surface area (Å²) in [5.41, 5.74) is 1.58. The summed E-state index contributed by atoms with van der Waals surface area (Å²) >= 11 is 0. The van der Waals surface area contributed by atoms with E-state index in [-0.39, 0.29) is 18.1 Å². The highest BCUT2D eigenvalue weighted by Gasteiger charge is 2.30. The molecule has 1 amide bonds. The lowest BCUT2D eigenvalue weighted by molar-refractivity contribution is -0.137. The highest BCUT2D eigenvalue weighted by atomic mass is 19.4. The molecule has 122 valence electrons. The number of rotatable bonds is 5. The summed E-state index contributed by atoms with van der Waals surface area (Å²) in [4.78, 5) is 11.8. The van der Waals surface area contributed by atoms with Crippen LogP contribution in [0.25, 0.3) is 0 Å². The SMILES string of the molecule is Cc1ccccc1CNC(=O)CNc1cccc(C(F)(F)F)c1. The molecule has 0 heterocycles. The molecule has 0 atom stereocenters. The van der Waals surface area contributed by atoms with Crippen LogP contribution < -0.4 is 10.6 Å². The minimum Gasteiger partial charge on any atom is -0.376 e. The van der Waals surface area contributed by atoms with Crippen molar-refractivity contribution in [3.63, 3.8) is 0 Å². The standard InChI is InChI=1S/C17H17F3N2O/c1-12-5-2-3-6-13(12)10-22-16(23)11-21-15-8-4-7-14(9-15)17(18,19)20/h2-9,21H,10-11H2,1H3,(H,22,23). The normalized spacial score (nSPS) is 11.1. The second-order valence-corrected chi connectivity index (χ2v) is 5.14. The van der Waals surface area contributed by atoms with Gasteiger partial charge in [-0.15, -0.1) is 0 Å². The zero-order valence-corrected chi connectivity index (χ0v) is 12.6. The van der Waals surface area contributed by atoms with Crippen LogP contribution in [0.1, 0.15) is 16.7 Å². The van der Waals surface area contributed by atoms with Crippen molar-refractivity contribution >= 4 is 11.6 Å². The molecule has 0 aliphatic heterocycles. The smallest absolute Gasteiger partial charge is 0.376 e. The van der Waals surface area contributed by atoms with Crippen molar-refractivity contribution in [3.05, 3.63) is 65.2 Å². The molecule has 0 aliphatic carbocycles. The molecule has 2 aromatic carbocycles. The molecule has 0 unspecified atom stereocenters. The maximum atomic E-state index is 12.6. The molecule has 2 aromatic rings. The van der Waals surface area contributed by atoms with Crippen LogP contribution in [0.5, 0.6) is 0 Å². The summed E-state index contributed by atoms with van der Waals surface area (Å²) in [6.07, 6.45) is -4.40. The third-order valence-corrected chi connectivity index (χ3v) is 3.38. The van der Waals surface area contributed by atoms with Gasteiger partial charge in [0.15, 0.2) is 0 Å². The van der Waals surface area contributed by atoms with Gasteiger partial charge < -0.3 is 10.6 Å². The Balaban J connectivity index is 1.86. The van der Waals surface area contributed by atoms with E-state index < -0.39 is 11.7 Å². The first-order valence-corrected chi connectivity index (χ1v) is 7.08. The van der Waals surface area contributed by atoms with E-state index in [2.05, 4.69) is 10.6 Å². The van der Waals surface area contributed by atoms with Gasteiger partial charge in [-0.25, -0.2) is 0 Å².